The van der Waals surface area contributed by atoms with E-state index >= 15 is 0 Å². The zero-order valence-electron chi connectivity index (χ0n) is 24.1. The molecule has 0 saturated carbocycles. The van der Waals surface area contributed by atoms with E-state index in [4.69, 9.17) is 19.5 Å². The minimum Gasteiger partial charge on any atom is -0.475 e. The molecule has 0 fully saturated rings. The van der Waals surface area contributed by atoms with Crippen molar-refractivity contribution in [2.45, 2.75) is 12.1 Å². The number of fused-ring (bicyclic) bond motifs is 2. The van der Waals surface area contributed by atoms with Crippen LogP contribution in [0.5, 0.6) is 0 Å². The van der Waals surface area contributed by atoms with Gasteiger partial charge < -0.3 is 9.47 Å². The van der Waals surface area contributed by atoms with Gasteiger partial charge in [-0.05, 0) is 44.8 Å². The van der Waals surface area contributed by atoms with E-state index in [1.807, 2.05) is 24.3 Å². The monoisotopic (exact) mass is 760 g/mol. The Hall–Kier alpha value is -3.77. The van der Waals surface area contributed by atoms with Gasteiger partial charge in [-0.15, -0.1) is 0 Å². The molecule has 2 atom stereocenters. The minimum atomic E-state index is -0.110. The quantitative estimate of drug-likeness (QED) is 0.164. The number of halogens is 2. The molecule has 8 rings (SSSR count). The van der Waals surface area contributed by atoms with Gasteiger partial charge in [-0.1, -0.05) is 121 Å². The topological polar surface area (TPSA) is 43.2 Å². The van der Waals surface area contributed by atoms with Crippen molar-refractivity contribution >= 4 is 61.8 Å². The Morgan fingerprint density at radius 2 is 1.09 bits per heavy atom. The Bertz CT molecular complexity index is 2030. The third kappa shape index (κ3) is 6.09. The number of hydrogen-bond donors (Lipinski definition) is 0. The Morgan fingerprint density at radius 3 is 1.69 bits per heavy atom. The molecule has 6 aromatic rings. The smallest absolute Gasteiger partial charge is 0.217 e. The second kappa shape index (κ2) is 13.7. The summed E-state index contributed by atoms with van der Waals surface area (Å²) in [5, 5.41) is 4.59. The van der Waals surface area contributed by atoms with Gasteiger partial charge in [0.05, 0.1) is 6.54 Å². The normalized spacial score (nSPS) is 17.3. The Labute approximate surface area is 282 Å². The van der Waals surface area contributed by atoms with Crippen molar-refractivity contribution in [3.8, 4) is 11.1 Å². The maximum absolute atomic E-state index is 6.59. The van der Waals surface area contributed by atoms with Crippen LogP contribution in [0.2, 0.25) is 0 Å². The van der Waals surface area contributed by atoms with Crippen LogP contribution >= 0.6 is 28.5 Å². The van der Waals surface area contributed by atoms with Crippen molar-refractivity contribution in [1.82, 2.24) is 0 Å². The molecule has 6 aromatic carbocycles. The molecule has 2 aliphatic heterocycles. The van der Waals surface area contributed by atoms with Gasteiger partial charge in [0.1, 0.15) is 18.8 Å². The van der Waals surface area contributed by atoms with E-state index in [1.54, 1.807) is 0 Å². The molecule has 45 heavy (non-hydrogen) atoms. The minimum absolute atomic E-state index is 0.0401. The van der Waals surface area contributed by atoms with E-state index in [1.165, 1.54) is 10.9 Å². The fourth-order valence-electron chi connectivity index (χ4n) is 6.17. The molecule has 4 nitrogen and oxygen atoms in total. The molecule has 0 N–H and O–H groups in total. The van der Waals surface area contributed by atoms with Crippen LogP contribution in [0.1, 0.15) is 34.4 Å². The molecule has 0 spiro atoms. The van der Waals surface area contributed by atoms with Gasteiger partial charge in [-0.3, -0.25) is 0 Å². The third-order valence-corrected chi connectivity index (χ3v) is 8.23. The van der Waals surface area contributed by atoms with Crippen LogP contribution in [0, 0.1) is 0 Å². The van der Waals surface area contributed by atoms with Crippen LogP contribution in [0.3, 0.4) is 0 Å². The van der Waals surface area contributed by atoms with Crippen LogP contribution < -0.4 is 0 Å². The molecule has 0 aliphatic carbocycles. The number of ether oxygens (including phenoxy) is 2. The second-order valence-corrected chi connectivity index (χ2v) is 15.8. The van der Waals surface area contributed by atoms with E-state index in [0.29, 0.717) is 24.9 Å². The molecule has 0 radical (unpaired) electrons. The van der Waals surface area contributed by atoms with Crippen LogP contribution in [0.25, 0.3) is 32.7 Å². The van der Waals surface area contributed by atoms with Crippen molar-refractivity contribution in [2.24, 2.45) is 9.98 Å². The number of hydrogen-bond acceptors (Lipinski definition) is 4. The summed E-state index contributed by atoms with van der Waals surface area (Å²) in [7, 11) is 1.25. The molecule has 0 bridgehead atoms. The summed E-state index contributed by atoms with van der Waals surface area (Å²) < 4.78 is 12.9. The Balaban J connectivity index is 0.00000104. The molecule has 2 unspecified atom stereocenters. The van der Waals surface area contributed by atoms with E-state index in [0.717, 1.165) is 54.9 Å². The fraction of sp³-hybridized carbons (Fsp3) is 0.105. The van der Waals surface area contributed by atoms with Gasteiger partial charge in [0.25, 0.3) is 0 Å². The summed E-state index contributed by atoms with van der Waals surface area (Å²) in [4.78, 5) is 10.1. The molecule has 226 valence electrons. The van der Waals surface area contributed by atoms with E-state index in [9.17, 15) is 0 Å². The molecule has 0 saturated heterocycles. The van der Waals surface area contributed by atoms with Gasteiger partial charge >= 0.3 is 39.3 Å². The van der Waals surface area contributed by atoms with Crippen molar-refractivity contribution in [3.05, 3.63) is 156 Å². The van der Waals surface area contributed by atoms with E-state index < -0.39 is 0 Å². The Morgan fingerprint density at radius 1 is 0.578 bits per heavy atom. The van der Waals surface area contributed by atoms with E-state index in [-0.39, 0.29) is 12.1 Å². The summed E-state index contributed by atoms with van der Waals surface area (Å²) in [5.41, 5.74) is 6.40. The zero-order valence-corrected chi connectivity index (χ0v) is 28.2. The average Bonchev–Trinajstić information content (AvgIpc) is 3.80. The first kappa shape index (κ1) is 29.9. The summed E-state index contributed by atoms with van der Waals surface area (Å²) in [6.45, 7) is 1.10. The molecular formula is C38H28Br2N2NiO2. The standard InChI is InChI=1S/C38H28N2O2.2BrH.Ni/c1-3-13-27(14-4-1)33-24-41-38(40-33)32-22-20-26-12-8-10-18-30(26)36(32)35-29-17-9-7-11-25(29)19-21-31(35)37-39-23-34(42-37)28-15-5-2-6-16-28;;;/h1-22,33-34H,23-24H2;2*1H;/q;;;+2/p-2. The first-order chi connectivity index (χ1) is 22.2. The summed E-state index contributed by atoms with van der Waals surface area (Å²) in [6.07, 6.45) is -0.110. The SMILES string of the molecule is [Br][Ni][Br].c1ccc(C2COC(c3ccc4ccccc4c3-c3c(C4=NCC(c5ccccc5)O4)ccc4ccccc34)=N2)cc1. The number of aliphatic imine (C=N–C) groups is 2. The first-order valence-corrected chi connectivity index (χ1v) is 19.5. The van der Waals surface area contributed by atoms with Crippen LogP contribution in [0.15, 0.2) is 143 Å². The zero-order chi connectivity index (χ0) is 30.6. The molecule has 0 amide bonds. The molecule has 0 aromatic heterocycles. The molecular weight excluding hydrogens is 735 g/mol. The van der Waals surface area contributed by atoms with Gasteiger partial charge in [-0.2, -0.15) is 0 Å². The van der Waals surface area contributed by atoms with Gasteiger partial charge in [0, 0.05) is 22.3 Å². The van der Waals surface area contributed by atoms with Crippen molar-refractivity contribution in [2.75, 3.05) is 13.2 Å². The van der Waals surface area contributed by atoms with Crippen molar-refractivity contribution in [1.29, 1.82) is 0 Å². The predicted molar refractivity (Wildman–Crippen MR) is 188 cm³/mol. The number of rotatable bonds is 5. The van der Waals surface area contributed by atoms with Gasteiger partial charge in [0.15, 0.2) is 0 Å². The van der Waals surface area contributed by atoms with Crippen LogP contribution in [-0.4, -0.2) is 24.9 Å². The molecule has 7 heteroatoms. The van der Waals surface area contributed by atoms with Crippen molar-refractivity contribution in [3.63, 3.8) is 0 Å². The van der Waals surface area contributed by atoms with Crippen molar-refractivity contribution < 1.29 is 20.4 Å². The molecule has 2 heterocycles. The fourth-order valence-corrected chi connectivity index (χ4v) is 6.17. The maximum atomic E-state index is 6.59. The Kier molecular flexibility index (Phi) is 9.11. The average molecular weight is 763 g/mol. The number of nitrogens with zero attached hydrogens (tertiary/aromatic N) is 2. The second-order valence-electron chi connectivity index (χ2n) is 10.8. The van der Waals surface area contributed by atoms with E-state index in [2.05, 4.69) is 138 Å². The predicted octanol–water partition coefficient (Wildman–Crippen LogP) is 10.4. The summed E-state index contributed by atoms with van der Waals surface area (Å²) in [6, 6.07) is 46.3. The largest absolute Gasteiger partial charge is 0.475 e. The van der Waals surface area contributed by atoms with Gasteiger partial charge in [-0.25, -0.2) is 9.98 Å². The summed E-state index contributed by atoms with van der Waals surface area (Å²) >= 11 is 6.00. The van der Waals surface area contributed by atoms with Gasteiger partial charge in [0.2, 0.25) is 11.8 Å². The first-order valence-electron chi connectivity index (χ1n) is 14.6. The third-order valence-electron chi connectivity index (χ3n) is 8.23. The van der Waals surface area contributed by atoms with Crippen LogP contribution in [-0.2, 0) is 20.4 Å². The van der Waals surface area contributed by atoms with Crippen LogP contribution in [0.4, 0.5) is 0 Å². The summed E-state index contributed by atoms with van der Waals surface area (Å²) in [5.74, 6) is 1.33. The maximum Gasteiger partial charge on any atom is 0.217 e. The molecule has 2 aliphatic rings. The number of benzene rings is 6.